The van der Waals surface area contributed by atoms with Crippen LogP contribution in [0.5, 0.6) is 0 Å². The molecule has 0 unspecified atom stereocenters. The van der Waals surface area contributed by atoms with E-state index in [1.54, 1.807) is 11.1 Å². The van der Waals surface area contributed by atoms with E-state index in [0.717, 1.165) is 35.4 Å². The Balaban J connectivity index is 1.57. The highest BCUT2D eigenvalue weighted by Gasteiger charge is 2.33. The van der Waals surface area contributed by atoms with Gasteiger partial charge in [0.15, 0.2) is 0 Å². The Labute approximate surface area is 134 Å². The van der Waals surface area contributed by atoms with Gasteiger partial charge in [0.05, 0.1) is 12.7 Å². The van der Waals surface area contributed by atoms with Gasteiger partial charge in [0.25, 0.3) is 5.91 Å². The molecule has 0 radical (unpaired) electrons. The second-order valence-corrected chi connectivity index (χ2v) is 6.22. The Bertz CT molecular complexity index is 610. The van der Waals surface area contributed by atoms with Crippen LogP contribution in [0.15, 0.2) is 6.20 Å². The van der Waals surface area contributed by atoms with E-state index in [0.29, 0.717) is 19.0 Å². The van der Waals surface area contributed by atoms with E-state index >= 15 is 0 Å². The summed E-state index contributed by atoms with van der Waals surface area (Å²) >= 11 is 0. The number of aryl methyl sites for hydroxylation is 1. The summed E-state index contributed by atoms with van der Waals surface area (Å²) in [5.41, 5.74) is 2.24. The minimum absolute atomic E-state index is 0.0200. The van der Waals surface area contributed by atoms with E-state index in [4.69, 9.17) is 0 Å². The van der Waals surface area contributed by atoms with Crippen LogP contribution in [0.4, 0.5) is 4.79 Å². The number of nitrogens with one attached hydrogen (secondary N) is 2. The summed E-state index contributed by atoms with van der Waals surface area (Å²) in [6.45, 7) is 3.17. The van der Waals surface area contributed by atoms with Crippen LogP contribution in [0.2, 0.25) is 0 Å². The van der Waals surface area contributed by atoms with Gasteiger partial charge in [-0.15, -0.1) is 0 Å². The first-order valence-corrected chi connectivity index (χ1v) is 7.89. The molecule has 1 atom stereocenters. The molecule has 1 aromatic heterocycles. The van der Waals surface area contributed by atoms with Crippen LogP contribution >= 0.6 is 0 Å². The van der Waals surface area contributed by atoms with Crippen LogP contribution in [0.3, 0.4) is 0 Å². The first kappa shape index (κ1) is 15.5. The van der Waals surface area contributed by atoms with Crippen molar-refractivity contribution in [3.05, 3.63) is 17.5 Å². The molecule has 124 valence electrons. The fourth-order valence-corrected chi connectivity index (χ4v) is 3.18. The van der Waals surface area contributed by atoms with E-state index in [2.05, 4.69) is 15.5 Å². The molecule has 2 aliphatic rings. The van der Waals surface area contributed by atoms with Gasteiger partial charge < -0.3 is 10.2 Å². The molecule has 2 aliphatic heterocycles. The molecule has 0 aromatic carbocycles. The molecule has 2 fully saturated rings. The van der Waals surface area contributed by atoms with Crippen molar-refractivity contribution < 1.29 is 14.4 Å². The van der Waals surface area contributed by atoms with Crippen molar-refractivity contribution in [2.75, 3.05) is 26.2 Å². The SMILES string of the molecule is Cc1cn[nH]c1C[C@@H]1CCCN(C(=O)CN2C(=O)CNC2=O)C1. The number of carbonyl (C=O) groups is 3. The van der Waals surface area contributed by atoms with E-state index in [1.165, 1.54) is 0 Å². The normalized spacial score (nSPS) is 21.7. The molecule has 8 heteroatoms. The predicted molar refractivity (Wildman–Crippen MR) is 81.4 cm³/mol. The Morgan fingerprint density at radius 2 is 2.26 bits per heavy atom. The van der Waals surface area contributed by atoms with Crippen molar-refractivity contribution in [3.63, 3.8) is 0 Å². The average Bonchev–Trinajstić information content (AvgIpc) is 3.08. The van der Waals surface area contributed by atoms with Gasteiger partial charge in [-0.3, -0.25) is 19.6 Å². The molecule has 0 spiro atoms. The number of H-pyrrole nitrogens is 1. The maximum Gasteiger partial charge on any atom is 0.325 e. The van der Waals surface area contributed by atoms with Crippen molar-refractivity contribution in [1.29, 1.82) is 0 Å². The Hall–Kier alpha value is -2.38. The Morgan fingerprint density at radius 3 is 2.91 bits per heavy atom. The summed E-state index contributed by atoms with van der Waals surface area (Å²) in [6.07, 6.45) is 4.66. The Kier molecular flexibility index (Phi) is 4.31. The van der Waals surface area contributed by atoms with Gasteiger partial charge in [-0.1, -0.05) is 0 Å². The summed E-state index contributed by atoms with van der Waals surface area (Å²) < 4.78 is 0. The van der Waals surface area contributed by atoms with Gasteiger partial charge in [0, 0.05) is 18.8 Å². The zero-order chi connectivity index (χ0) is 16.4. The highest BCUT2D eigenvalue weighted by Crippen LogP contribution is 2.21. The molecular formula is C15H21N5O3. The van der Waals surface area contributed by atoms with Gasteiger partial charge in [-0.05, 0) is 37.7 Å². The lowest BCUT2D eigenvalue weighted by Gasteiger charge is -2.33. The summed E-state index contributed by atoms with van der Waals surface area (Å²) in [5, 5.41) is 9.47. The summed E-state index contributed by atoms with van der Waals surface area (Å²) in [6, 6.07) is -0.481. The van der Waals surface area contributed by atoms with Crippen LogP contribution in [0, 0.1) is 12.8 Å². The monoisotopic (exact) mass is 319 g/mol. The average molecular weight is 319 g/mol. The highest BCUT2D eigenvalue weighted by atomic mass is 16.2. The van der Waals surface area contributed by atoms with Crippen LogP contribution in [0.1, 0.15) is 24.1 Å². The number of urea groups is 1. The molecule has 0 bridgehead atoms. The number of amides is 4. The summed E-state index contributed by atoms with van der Waals surface area (Å²) in [4.78, 5) is 38.3. The number of aromatic amines is 1. The fraction of sp³-hybridized carbons (Fsp3) is 0.600. The molecule has 2 saturated heterocycles. The van der Waals surface area contributed by atoms with Crippen LogP contribution in [-0.2, 0) is 16.0 Å². The molecule has 4 amide bonds. The lowest BCUT2D eigenvalue weighted by Crippen LogP contribution is -2.47. The van der Waals surface area contributed by atoms with Crippen molar-refractivity contribution in [2.45, 2.75) is 26.2 Å². The third-order valence-corrected chi connectivity index (χ3v) is 4.53. The summed E-state index contributed by atoms with van der Waals surface area (Å²) in [7, 11) is 0. The minimum Gasteiger partial charge on any atom is -0.341 e. The van der Waals surface area contributed by atoms with Gasteiger partial charge in [-0.2, -0.15) is 5.10 Å². The second-order valence-electron chi connectivity index (χ2n) is 6.22. The third kappa shape index (κ3) is 3.35. The van der Waals surface area contributed by atoms with Gasteiger partial charge >= 0.3 is 6.03 Å². The Morgan fingerprint density at radius 1 is 1.43 bits per heavy atom. The summed E-state index contributed by atoms with van der Waals surface area (Å²) in [5.74, 6) is -0.138. The van der Waals surface area contributed by atoms with E-state index in [1.807, 2.05) is 6.92 Å². The first-order chi connectivity index (χ1) is 11.0. The molecule has 3 heterocycles. The molecule has 1 aromatic rings. The highest BCUT2D eigenvalue weighted by molar-refractivity contribution is 6.04. The van der Waals surface area contributed by atoms with Crippen molar-refractivity contribution in [1.82, 2.24) is 25.3 Å². The molecule has 0 aliphatic carbocycles. The topological polar surface area (TPSA) is 98.4 Å². The predicted octanol–water partition coefficient (Wildman–Crippen LogP) is 0.0510. The lowest BCUT2D eigenvalue weighted by atomic mass is 9.92. The van der Waals surface area contributed by atoms with E-state index < -0.39 is 6.03 Å². The lowest BCUT2D eigenvalue weighted by molar-refractivity contribution is -0.137. The maximum atomic E-state index is 12.4. The van der Waals surface area contributed by atoms with Gasteiger partial charge in [0.2, 0.25) is 5.91 Å². The zero-order valence-electron chi connectivity index (χ0n) is 13.2. The number of nitrogens with zero attached hydrogens (tertiary/aromatic N) is 3. The molecule has 3 rings (SSSR count). The first-order valence-electron chi connectivity index (χ1n) is 7.89. The number of piperidine rings is 1. The smallest absolute Gasteiger partial charge is 0.325 e. The number of carbonyl (C=O) groups excluding carboxylic acids is 3. The van der Waals surface area contributed by atoms with Crippen LogP contribution in [0.25, 0.3) is 0 Å². The molecular weight excluding hydrogens is 298 g/mol. The number of imide groups is 1. The van der Waals surface area contributed by atoms with E-state index in [9.17, 15) is 14.4 Å². The minimum atomic E-state index is -0.481. The van der Waals surface area contributed by atoms with E-state index in [-0.39, 0.29) is 24.9 Å². The van der Waals surface area contributed by atoms with Crippen molar-refractivity contribution in [3.8, 4) is 0 Å². The molecule has 0 saturated carbocycles. The largest absolute Gasteiger partial charge is 0.341 e. The van der Waals surface area contributed by atoms with Gasteiger partial charge in [-0.25, -0.2) is 4.79 Å². The van der Waals surface area contributed by atoms with Crippen molar-refractivity contribution in [2.24, 2.45) is 5.92 Å². The van der Waals surface area contributed by atoms with Crippen molar-refractivity contribution >= 4 is 17.8 Å². The quantitative estimate of drug-likeness (QED) is 0.766. The third-order valence-electron chi connectivity index (χ3n) is 4.53. The standard InChI is InChI=1S/C15H21N5O3/c1-10-6-17-18-12(10)5-11-3-2-4-19(8-11)14(22)9-20-13(21)7-16-15(20)23/h6,11H,2-5,7-9H2,1H3,(H,16,23)(H,17,18)/t11-/m0/s1. The number of rotatable bonds is 4. The molecule has 2 N–H and O–H groups in total. The van der Waals surface area contributed by atoms with Crippen LogP contribution < -0.4 is 5.32 Å². The maximum absolute atomic E-state index is 12.4. The fourth-order valence-electron chi connectivity index (χ4n) is 3.18. The number of hydrogen-bond acceptors (Lipinski definition) is 4. The van der Waals surface area contributed by atoms with Gasteiger partial charge in [0.1, 0.15) is 6.54 Å². The number of hydrogen-bond donors (Lipinski definition) is 2. The second kappa shape index (κ2) is 6.39. The molecule has 8 nitrogen and oxygen atoms in total. The number of likely N-dealkylation sites (tertiary alicyclic amines) is 1. The molecule has 23 heavy (non-hydrogen) atoms. The van der Waals surface area contributed by atoms with Crippen LogP contribution in [-0.4, -0.2) is 64.0 Å². The zero-order valence-corrected chi connectivity index (χ0v) is 13.2. The number of aromatic nitrogens is 2.